The van der Waals surface area contributed by atoms with Crippen LogP contribution in [0.1, 0.15) is 20.8 Å². The molecule has 10 nitrogen and oxygen atoms in total. The van der Waals surface area contributed by atoms with Crippen molar-refractivity contribution in [3.05, 3.63) is 44.8 Å². The number of allylic oxidation sites excluding steroid dienone is 2. The lowest BCUT2D eigenvalue weighted by molar-refractivity contribution is -0.157. The van der Waals surface area contributed by atoms with Gasteiger partial charge in [-0.05, 0) is 26.8 Å². The normalized spacial score (nSPS) is 15.0. The zero-order valence-corrected chi connectivity index (χ0v) is 19.4. The van der Waals surface area contributed by atoms with Crippen LogP contribution in [-0.4, -0.2) is 49.1 Å². The minimum absolute atomic E-state index is 0.0165. The molecule has 0 saturated carbocycles. The number of hydrogen-bond acceptors (Lipinski definition) is 9. The molecule has 0 saturated heterocycles. The molecule has 1 aliphatic heterocycles. The first-order chi connectivity index (χ1) is 15.0. The number of ether oxygens (including phenoxy) is 3. The van der Waals surface area contributed by atoms with Crippen molar-refractivity contribution in [2.75, 3.05) is 19.5 Å². The van der Waals surface area contributed by atoms with Crippen molar-refractivity contribution in [2.45, 2.75) is 26.9 Å². The molecule has 12 heteroatoms. The number of carbonyl (C=O) groups is 4. The van der Waals surface area contributed by atoms with E-state index in [-0.39, 0.29) is 27.0 Å². The second kappa shape index (κ2) is 10.5. The molecule has 1 aromatic heterocycles. The highest BCUT2D eigenvalue weighted by atomic mass is 35.5. The maximum Gasteiger partial charge on any atom is 0.336 e. The standard InChI is InChI=1S/C20H21Cl2N3O7/c1-8-13(18(27)30-4)15(14(9(2)24-8)19(28)31-5)20(29)32-10(3)17(26)25-16-12(22)6-11(21)7-23-16/h6-7,10,15,24H,1-5H3,(H,23,25,26). The molecule has 0 fully saturated rings. The van der Waals surface area contributed by atoms with E-state index >= 15 is 0 Å². The van der Waals surface area contributed by atoms with E-state index < -0.39 is 35.8 Å². The van der Waals surface area contributed by atoms with Crippen molar-refractivity contribution in [3.63, 3.8) is 0 Å². The van der Waals surface area contributed by atoms with Crippen molar-refractivity contribution in [1.82, 2.24) is 10.3 Å². The Morgan fingerprint density at radius 3 is 2.06 bits per heavy atom. The maximum atomic E-state index is 13.1. The summed E-state index contributed by atoms with van der Waals surface area (Å²) >= 11 is 11.8. The molecule has 1 atom stereocenters. The summed E-state index contributed by atoms with van der Waals surface area (Å²) in [4.78, 5) is 54.2. The van der Waals surface area contributed by atoms with Crippen LogP contribution in [0.2, 0.25) is 10.0 Å². The van der Waals surface area contributed by atoms with Gasteiger partial charge >= 0.3 is 17.9 Å². The second-order valence-electron chi connectivity index (χ2n) is 6.67. The predicted octanol–water partition coefficient (Wildman–Crippen LogP) is 2.37. The lowest BCUT2D eigenvalue weighted by Gasteiger charge is -2.29. The fourth-order valence-corrected chi connectivity index (χ4v) is 3.44. The van der Waals surface area contributed by atoms with E-state index in [2.05, 4.69) is 15.6 Å². The van der Waals surface area contributed by atoms with Crippen molar-refractivity contribution in [1.29, 1.82) is 0 Å². The first-order valence-electron chi connectivity index (χ1n) is 9.19. The Bertz CT molecular complexity index is 998. The summed E-state index contributed by atoms with van der Waals surface area (Å²) in [5, 5.41) is 5.62. The third-order valence-electron chi connectivity index (χ3n) is 4.52. The van der Waals surface area contributed by atoms with Gasteiger partial charge in [-0.25, -0.2) is 14.6 Å². The average Bonchev–Trinajstić information content (AvgIpc) is 2.73. The predicted molar refractivity (Wildman–Crippen MR) is 114 cm³/mol. The molecule has 0 bridgehead atoms. The molecule has 2 rings (SSSR count). The molecular weight excluding hydrogens is 465 g/mol. The van der Waals surface area contributed by atoms with Crippen molar-refractivity contribution in [3.8, 4) is 0 Å². The van der Waals surface area contributed by atoms with Crippen LogP contribution in [0.5, 0.6) is 0 Å². The first kappa shape index (κ1) is 25.2. The molecule has 1 unspecified atom stereocenters. The molecule has 1 aromatic rings. The van der Waals surface area contributed by atoms with Crippen LogP contribution >= 0.6 is 23.2 Å². The summed E-state index contributed by atoms with van der Waals surface area (Å²) in [5.74, 6) is -4.92. The second-order valence-corrected chi connectivity index (χ2v) is 7.51. The quantitative estimate of drug-likeness (QED) is 0.459. The minimum Gasteiger partial charge on any atom is -0.466 e. The molecule has 2 N–H and O–H groups in total. The summed E-state index contributed by atoms with van der Waals surface area (Å²) in [6.07, 6.45) is -0.0504. The molecule has 0 radical (unpaired) electrons. The lowest BCUT2D eigenvalue weighted by atomic mass is 9.85. The number of esters is 3. The number of amides is 1. The number of methoxy groups -OCH3 is 2. The van der Waals surface area contributed by atoms with E-state index in [0.29, 0.717) is 11.4 Å². The number of aromatic nitrogens is 1. The average molecular weight is 486 g/mol. The van der Waals surface area contributed by atoms with Gasteiger partial charge in [0.15, 0.2) is 11.9 Å². The zero-order valence-electron chi connectivity index (χ0n) is 17.9. The van der Waals surface area contributed by atoms with Gasteiger partial charge in [0.2, 0.25) is 0 Å². The molecule has 2 heterocycles. The van der Waals surface area contributed by atoms with Gasteiger partial charge in [-0.3, -0.25) is 9.59 Å². The SMILES string of the molecule is COC(=O)C1=C(C)NC(C)=C(C(=O)OC)C1C(=O)OC(C)C(=O)Nc1ncc(Cl)cc1Cl. The summed E-state index contributed by atoms with van der Waals surface area (Å²) in [7, 11) is 2.26. The Kier molecular flexibility index (Phi) is 8.23. The molecule has 1 aliphatic rings. The Morgan fingerprint density at radius 1 is 1.06 bits per heavy atom. The third-order valence-corrected chi connectivity index (χ3v) is 5.01. The number of hydrogen-bond donors (Lipinski definition) is 2. The number of carbonyl (C=O) groups excluding carboxylic acids is 4. The third kappa shape index (κ3) is 5.38. The van der Waals surface area contributed by atoms with Gasteiger partial charge in [0.1, 0.15) is 5.92 Å². The van der Waals surface area contributed by atoms with Gasteiger partial charge in [0.25, 0.3) is 5.91 Å². The van der Waals surface area contributed by atoms with E-state index in [1.807, 2.05) is 0 Å². The van der Waals surface area contributed by atoms with E-state index in [1.165, 1.54) is 33.0 Å². The summed E-state index contributed by atoms with van der Waals surface area (Å²) in [6.45, 7) is 4.38. The van der Waals surface area contributed by atoms with Gasteiger partial charge in [0, 0.05) is 17.6 Å². The van der Waals surface area contributed by atoms with E-state index in [0.717, 1.165) is 14.2 Å². The lowest BCUT2D eigenvalue weighted by Crippen LogP contribution is -2.40. The largest absolute Gasteiger partial charge is 0.466 e. The van der Waals surface area contributed by atoms with Crippen molar-refractivity contribution in [2.24, 2.45) is 5.92 Å². The Labute approximate surface area is 193 Å². The van der Waals surface area contributed by atoms with Gasteiger partial charge in [-0.15, -0.1) is 0 Å². The highest BCUT2D eigenvalue weighted by Gasteiger charge is 2.43. The van der Waals surface area contributed by atoms with Crippen molar-refractivity contribution >= 4 is 52.8 Å². The number of rotatable bonds is 6. The molecule has 0 aliphatic carbocycles. The van der Waals surface area contributed by atoms with E-state index in [9.17, 15) is 19.2 Å². The summed E-state index contributed by atoms with van der Waals surface area (Å²) < 4.78 is 14.8. The number of nitrogens with one attached hydrogen (secondary N) is 2. The first-order valence-corrected chi connectivity index (χ1v) is 9.94. The number of nitrogens with zero attached hydrogens (tertiary/aromatic N) is 1. The smallest absolute Gasteiger partial charge is 0.336 e. The number of pyridine rings is 1. The Hall–Kier alpha value is -3.11. The number of halogens is 2. The van der Waals surface area contributed by atoms with Crippen LogP contribution in [-0.2, 0) is 33.4 Å². The van der Waals surface area contributed by atoms with Crippen LogP contribution in [0, 0.1) is 5.92 Å². The molecular formula is C20H21Cl2N3O7. The van der Waals surface area contributed by atoms with Crippen LogP contribution < -0.4 is 10.6 Å². The fraction of sp³-hybridized carbons (Fsp3) is 0.350. The van der Waals surface area contributed by atoms with Crippen LogP contribution in [0.3, 0.4) is 0 Å². The van der Waals surface area contributed by atoms with Gasteiger partial charge in [0.05, 0.1) is 35.4 Å². The maximum absolute atomic E-state index is 13.1. The molecule has 172 valence electrons. The van der Waals surface area contributed by atoms with Crippen LogP contribution in [0.4, 0.5) is 5.82 Å². The van der Waals surface area contributed by atoms with Gasteiger partial charge in [-0.1, -0.05) is 23.2 Å². The van der Waals surface area contributed by atoms with E-state index in [1.54, 1.807) is 0 Å². The van der Waals surface area contributed by atoms with Crippen molar-refractivity contribution < 1.29 is 33.4 Å². The summed E-state index contributed by atoms with van der Waals surface area (Å²) in [5.41, 5.74) is 0.299. The van der Waals surface area contributed by atoms with E-state index in [4.69, 9.17) is 37.4 Å². The van der Waals surface area contributed by atoms with Crippen LogP contribution in [0.15, 0.2) is 34.8 Å². The van der Waals surface area contributed by atoms with Gasteiger partial charge in [-0.2, -0.15) is 0 Å². The highest BCUT2D eigenvalue weighted by Crippen LogP contribution is 2.32. The number of anilines is 1. The van der Waals surface area contributed by atoms with Gasteiger partial charge < -0.3 is 24.8 Å². The topological polar surface area (TPSA) is 133 Å². The molecule has 1 amide bonds. The number of dihydropyridines is 1. The Balaban J connectivity index is 2.31. The van der Waals surface area contributed by atoms with Crippen LogP contribution in [0.25, 0.3) is 0 Å². The molecule has 0 aromatic carbocycles. The highest BCUT2D eigenvalue weighted by molar-refractivity contribution is 6.36. The monoisotopic (exact) mass is 485 g/mol. The minimum atomic E-state index is -1.47. The fourth-order valence-electron chi connectivity index (χ4n) is 3.01. The zero-order chi connectivity index (χ0) is 24.2. The summed E-state index contributed by atoms with van der Waals surface area (Å²) in [6, 6.07) is 1.38. The molecule has 0 spiro atoms. The molecule has 32 heavy (non-hydrogen) atoms. The Morgan fingerprint density at radius 2 is 1.59 bits per heavy atom.